The molecule has 1 N–H and O–H groups in total. The number of likely N-dealkylation sites (tertiary alicyclic amines) is 1. The maximum atomic E-state index is 12.5. The van der Waals surface area contributed by atoms with Crippen molar-refractivity contribution in [3.05, 3.63) is 16.6 Å². The van der Waals surface area contributed by atoms with Gasteiger partial charge < -0.3 is 14.9 Å². The number of carboxylic acid groups (broad SMARTS) is 1. The van der Waals surface area contributed by atoms with E-state index in [2.05, 4.69) is 4.98 Å². The summed E-state index contributed by atoms with van der Waals surface area (Å²) >= 11 is 1.48. The molecular formula is C13H19N3O3S. The molecule has 6 nitrogen and oxygen atoms in total. The molecule has 1 unspecified atom stereocenters. The SMILES string of the molecule is CN(Cc1cscn1)C(=O)N1CCCCC1(C)C(=O)O. The molecule has 20 heavy (non-hydrogen) atoms. The molecule has 1 aromatic rings. The summed E-state index contributed by atoms with van der Waals surface area (Å²) in [7, 11) is 1.68. The van der Waals surface area contributed by atoms with Crippen LogP contribution in [-0.2, 0) is 11.3 Å². The number of piperidine rings is 1. The lowest BCUT2D eigenvalue weighted by molar-refractivity contribution is -0.150. The molecule has 1 saturated heterocycles. The Balaban J connectivity index is 2.11. The van der Waals surface area contributed by atoms with Gasteiger partial charge in [0.05, 0.1) is 17.7 Å². The molecule has 1 atom stereocenters. The lowest BCUT2D eigenvalue weighted by atomic mass is 9.89. The van der Waals surface area contributed by atoms with E-state index < -0.39 is 11.5 Å². The van der Waals surface area contributed by atoms with Crippen molar-refractivity contribution in [2.45, 2.75) is 38.3 Å². The van der Waals surface area contributed by atoms with Crippen molar-refractivity contribution >= 4 is 23.3 Å². The molecule has 1 aliphatic heterocycles. The first-order valence-corrected chi connectivity index (χ1v) is 7.52. The smallest absolute Gasteiger partial charge is 0.329 e. The Morgan fingerprint density at radius 2 is 2.30 bits per heavy atom. The van der Waals surface area contributed by atoms with Crippen LogP contribution >= 0.6 is 11.3 Å². The monoisotopic (exact) mass is 297 g/mol. The summed E-state index contributed by atoms with van der Waals surface area (Å²) in [5.41, 5.74) is 1.43. The molecule has 0 aromatic carbocycles. The first-order valence-electron chi connectivity index (χ1n) is 6.58. The zero-order valence-electron chi connectivity index (χ0n) is 11.7. The summed E-state index contributed by atoms with van der Waals surface area (Å²) in [6.07, 6.45) is 2.18. The van der Waals surface area contributed by atoms with E-state index in [9.17, 15) is 14.7 Å². The third-order valence-corrected chi connectivity index (χ3v) is 4.43. The van der Waals surface area contributed by atoms with E-state index in [1.807, 2.05) is 5.38 Å². The van der Waals surface area contributed by atoms with Gasteiger partial charge >= 0.3 is 12.0 Å². The number of carbonyl (C=O) groups excluding carboxylic acids is 1. The van der Waals surface area contributed by atoms with Gasteiger partial charge in [-0.25, -0.2) is 14.6 Å². The van der Waals surface area contributed by atoms with Crippen LogP contribution in [0.15, 0.2) is 10.9 Å². The van der Waals surface area contributed by atoms with Gasteiger partial charge in [-0.1, -0.05) is 0 Å². The maximum absolute atomic E-state index is 12.5. The summed E-state index contributed by atoms with van der Waals surface area (Å²) < 4.78 is 0. The first kappa shape index (κ1) is 14.8. The van der Waals surface area contributed by atoms with E-state index in [1.54, 1.807) is 19.5 Å². The largest absolute Gasteiger partial charge is 0.480 e. The molecule has 2 amide bonds. The molecule has 7 heteroatoms. The molecule has 0 aliphatic carbocycles. The fourth-order valence-corrected chi connectivity index (χ4v) is 3.03. The Hall–Kier alpha value is -1.63. The van der Waals surface area contributed by atoms with E-state index in [-0.39, 0.29) is 6.03 Å². The number of thiazole rings is 1. The van der Waals surface area contributed by atoms with E-state index in [1.165, 1.54) is 21.1 Å². The van der Waals surface area contributed by atoms with Crippen LogP contribution in [0.5, 0.6) is 0 Å². The summed E-state index contributed by atoms with van der Waals surface area (Å²) in [4.78, 5) is 31.2. The second-order valence-electron chi connectivity index (χ2n) is 5.31. The predicted molar refractivity (Wildman–Crippen MR) is 75.6 cm³/mol. The van der Waals surface area contributed by atoms with Crippen LogP contribution in [0.4, 0.5) is 4.79 Å². The van der Waals surface area contributed by atoms with Crippen molar-refractivity contribution in [2.75, 3.05) is 13.6 Å². The molecule has 0 radical (unpaired) electrons. The number of aliphatic carboxylic acids is 1. The number of carbonyl (C=O) groups is 2. The normalized spacial score (nSPS) is 22.6. The minimum absolute atomic E-state index is 0.248. The molecule has 1 aromatic heterocycles. The highest BCUT2D eigenvalue weighted by atomic mass is 32.1. The van der Waals surface area contributed by atoms with Gasteiger partial charge in [-0.15, -0.1) is 11.3 Å². The van der Waals surface area contributed by atoms with Gasteiger partial charge in [0.25, 0.3) is 0 Å². The number of rotatable bonds is 3. The van der Waals surface area contributed by atoms with Crippen molar-refractivity contribution in [1.82, 2.24) is 14.8 Å². The molecule has 110 valence electrons. The number of aromatic nitrogens is 1. The maximum Gasteiger partial charge on any atom is 0.329 e. The highest BCUT2D eigenvalue weighted by Crippen LogP contribution is 2.29. The van der Waals surface area contributed by atoms with E-state index in [4.69, 9.17) is 0 Å². The van der Waals surface area contributed by atoms with Gasteiger partial charge in [0, 0.05) is 19.0 Å². The van der Waals surface area contributed by atoms with Gasteiger partial charge in [-0.05, 0) is 26.2 Å². The third-order valence-electron chi connectivity index (χ3n) is 3.79. The number of urea groups is 1. The number of nitrogens with zero attached hydrogens (tertiary/aromatic N) is 3. The first-order chi connectivity index (χ1) is 9.45. The zero-order valence-corrected chi connectivity index (χ0v) is 12.5. The second-order valence-corrected chi connectivity index (χ2v) is 6.02. The van der Waals surface area contributed by atoms with Crippen LogP contribution in [0.3, 0.4) is 0 Å². The molecule has 2 rings (SSSR count). The summed E-state index contributed by atoms with van der Waals surface area (Å²) in [5, 5.41) is 11.3. The minimum atomic E-state index is -1.11. The van der Waals surface area contributed by atoms with Crippen molar-refractivity contribution in [1.29, 1.82) is 0 Å². The fourth-order valence-electron chi connectivity index (χ4n) is 2.48. The number of amides is 2. The van der Waals surface area contributed by atoms with Gasteiger partial charge in [-0.2, -0.15) is 0 Å². The Bertz CT molecular complexity index is 491. The van der Waals surface area contributed by atoms with Crippen LogP contribution in [0, 0.1) is 0 Å². The van der Waals surface area contributed by atoms with Crippen molar-refractivity contribution < 1.29 is 14.7 Å². The van der Waals surface area contributed by atoms with E-state index in [0.717, 1.165) is 18.5 Å². The number of hydrogen-bond acceptors (Lipinski definition) is 4. The van der Waals surface area contributed by atoms with Crippen LogP contribution in [0.2, 0.25) is 0 Å². The highest BCUT2D eigenvalue weighted by molar-refractivity contribution is 7.07. The van der Waals surface area contributed by atoms with Crippen LogP contribution in [0.1, 0.15) is 31.9 Å². The summed E-state index contributed by atoms with van der Waals surface area (Å²) in [6.45, 7) is 2.51. The lowest BCUT2D eigenvalue weighted by Gasteiger charge is -2.43. The average molecular weight is 297 g/mol. The van der Waals surface area contributed by atoms with Crippen LogP contribution in [0.25, 0.3) is 0 Å². The fraction of sp³-hybridized carbons (Fsp3) is 0.615. The number of carboxylic acids is 1. The molecule has 1 fully saturated rings. The van der Waals surface area contributed by atoms with Gasteiger partial charge in [0.1, 0.15) is 5.54 Å². The molecule has 0 bridgehead atoms. The van der Waals surface area contributed by atoms with Gasteiger partial charge in [-0.3, -0.25) is 0 Å². The quantitative estimate of drug-likeness (QED) is 0.926. The summed E-state index contributed by atoms with van der Waals surface area (Å²) in [5.74, 6) is -0.937. The lowest BCUT2D eigenvalue weighted by Crippen LogP contribution is -2.60. The van der Waals surface area contributed by atoms with Crippen molar-refractivity contribution in [3.63, 3.8) is 0 Å². The topological polar surface area (TPSA) is 73.7 Å². The molecular weight excluding hydrogens is 278 g/mol. The standard InChI is InChI=1S/C13H19N3O3S/c1-13(11(17)18)5-3-4-6-16(13)12(19)15(2)7-10-8-20-9-14-10/h8-9H,3-7H2,1-2H3,(H,17,18). The van der Waals surface area contributed by atoms with Crippen molar-refractivity contribution in [2.24, 2.45) is 0 Å². The Morgan fingerprint density at radius 1 is 1.55 bits per heavy atom. The molecule has 0 spiro atoms. The van der Waals surface area contributed by atoms with Crippen LogP contribution in [-0.4, -0.2) is 51.0 Å². The van der Waals surface area contributed by atoms with E-state index in [0.29, 0.717) is 19.5 Å². The second kappa shape index (κ2) is 5.78. The minimum Gasteiger partial charge on any atom is -0.480 e. The van der Waals surface area contributed by atoms with Gasteiger partial charge in [0.2, 0.25) is 0 Å². The Kier molecular flexibility index (Phi) is 4.27. The molecule has 2 heterocycles. The zero-order chi connectivity index (χ0) is 14.8. The van der Waals surface area contributed by atoms with Crippen LogP contribution < -0.4 is 0 Å². The molecule has 1 aliphatic rings. The molecule has 0 saturated carbocycles. The number of hydrogen-bond donors (Lipinski definition) is 1. The van der Waals surface area contributed by atoms with Gasteiger partial charge in [0.15, 0.2) is 0 Å². The van der Waals surface area contributed by atoms with Crippen molar-refractivity contribution in [3.8, 4) is 0 Å². The Morgan fingerprint density at radius 3 is 2.90 bits per heavy atom. The summed E-state index contributed by atoms with van der Waals surface area (Å²) in [6, 6.07) is -0.248. The van der Waals surface area contributed by atoms with E-state index >= 15 is 0 Å². The predicted octanol–water partition coefficient (Wildman–Crippen LogP) is 2.02. The Labute approximate surface area is 122 Å². The highest BCUT2D eigenvalue weighted by Gasteiger charge is 2.44. The third kappa shape index (κ3) is 2.77. The average Bonchev–Trinajstić information content (AvgIpc) is 2.91.